The van der Waals surface area contributed by atoms with Gasteiger partial charge in [0.2, 0.25) is 0 Å². The largest absolute Gasteiger partial charge is 0.371 e. The summed E-state index contributed by atoms with van der Waals surface area (Å²) in [5.41, 5.74) is 0. The van der Waals surface area contributed by atoms with Gasteiger partial charge in [-0.2, -0.15) is 0 Å². The second-order valence-corrected chi connectivity index (χ2v) is 8.46. The molecule has 11 heteroatoms. The van der Waals surface area contributed by atoms with Crippen molar-refractivity contribution in [2.75, 3.05) is 51.7 Å². The molecule has 3 saturated heterocycles. The van der Waals surface area contributed by atoms with Gasteiger partial charge in [-0.15, -0.1) is 34.3 Å². The molecule has 4 rings (SSSR count). The van der Waals surface area contributed by atoms with Crippen molar-refractivity contribution in [3.63, 3.8) is 0 Å². The van der Waals surface area contributed by atoms with E-state index in [1.165, 1.54) is 4.90 Å². The van der Waals surface area contributed by atoms with E-state index in [9.17, 15) is 10.1 Å². The third-order valence-electron chi connectivity index (χ3n) is 5.62. The Kier molecular flexibility index (Phi) is 8.34. The van der Waals surface area contributed by atoms with Gasteiger partial charge in [0.05, 0.1) is 19.3 Å². The van der Waals surface area contributed by atoms with Crippen LogP contribution < -0.4 is 0 Å². The van der Waals surface area contributed by atoms with Crippen LogP contribution in [-0.4, -0.2) is 95.9 Å². The predicted molar refractivity (Wildman–Crippen MR) is 110 cm³/mol. The second-order valence-electron chi connectivity index (χ2n) is 7.29. The average Bonchev–Trinajstić information content (AvgIpc) is 3.29. The van der Waals surface area contributed by atoms with E-state index in [1.54, 1.807) is 0 Å². The first kappa shape index (κ1) is 22.5. The van der Waals surface area contributed by atoms with Crippen molar-refractivity contribution in [2.45, 2.75) is 35.7 Å². The molecular formula is C18H27ClN4O5S. The molecule has 162 valence electrons. The molecular weight excluding hydrogens is 420 g/mol. The zero-order chi connectivity index (χ0) is 19.3. The van der Waals surface area contributed by atoms with Crippen LogP contribution in [0.2, 0.25) is 0 Å². The van der Waals surface area contributed by atoms with Gasteiger partial charge in [-0.25, -0.2) is 0 Å². The van der Waals surface area contributed by atoms with E-state index in [0.29, 0.717) is 6.61 Å². The van der Waals surface area contributed by atoms with E-state index in [4.69, 9.17) is 14.3 Å². The lowest BCUT2D eigenvalue weighted by atomic mass is 10.1. The van der Waals surface area contributed by atoms with Crippen LogP contribution in [0.1, 0.15) is 6.42 Å². The first-order valence-corrected chi connectivity index (χ1v) is 10.7. The number of rotatable bonds is 8. The minimum absolute atomic E-state index is 0. The van der Waals surface area contributed by atoms with Crippen molar-refractivity contribution >= 4 is 24.2 Å². The molecule has 0 aromatic carbocycles. The van der Waals surface area contributed by atoms with E-state index < -0.39 is 11.2 Å². The summed E-state index contributed by atoms with van der Waals surface area (Å²) < 4.78 is 11.6. The number of hydrogen-bond acceptors (Lipinski definition) is 9. The van der Waals surface area contributed by atoms with Gasteiger partial charge < -0.3 is 19.2 Å². The monoisotopic (exact) mass is 446 g/mol. The van der Waals surface area contributed by atoms with Crippen LogP contribution >= 0.6 is 24.2 Å². The molecule has 0 amide bonds. The average molecular weight is 447 g/mol. The molecule has 29 heavy (non-hydrogen) atoms. The molecule has 3 aliphatic heterocycles. The van der Waals surface area contributed by atoms with Crippen LogP contribution in [0, 0.1) is 10.1 Å². The van der Waals surface area contributed by atoms with Crippen molar-refractivity contribution in [1.29, 1.82) is 0 Å². The van der Waals surface area contributed by atoms with Crippen LogP contribution in [0.15, 0.2) is 29.4 Å². The van der Waals surface area contributed by atoms with Crippen molar-refractivity contribution < 1.29 is 19.4 Å². The fourth-order valence-corrected chi connectivity index (χ4v) is 5.01. The summed E-state index contributed by atoms with van der Waals surface area (Å²) in [6.45, 7) is 5.88. The molecule has 0 unspecified atom stereocenters. The number of thioether (sulfide) groups is 1. The van der Waals surface area contributed by atoms with E-state index in [1.807, 2.05) is 36.3 Å². The number of hydrogen-bond donors (Lipinski definition) is 0. The first-order valence-electron chi connectivity index (χ1n) is 9.74. The van der Waals surface area contributed by atoms with Gasteiger partial charge in [-0.3, -0.25) is 9.88 Å². The Morgan fingerprint density at radius 1 is 1.17 bits per heavy atom. The molecule has 0 spiro atoms. The topological polar surface area (TPSA) is 90.2 Å². The van der Waals surface area contributed by atoms with Crippen LogP contribution in [0.3, 0.4) is 0 Å². The number of nitrogens with zero attached hydrogens (tertiary/aromatic N) is 4. The van der Waals surface area contributed by atoms with E-state index in [-0.39, 0.29) is 37.3 Å². The van der Waals surface area contributed by atoms with Gasteiger partial charge in [0.1, 0.15) is 12.2 Å². The van der Waals surface area contributed by atoms with Crippen molar-refractivity contribution in [3.8, 4) is 0 Å². The Morgan fingerprint density at radius 3 is 2.62 bits per heavy atom. The van der Waals surface area contributed by atoms with Gasteiger partial charge in [0.15, 0.2) is 6.10 Å². The summed E-state index contributed by atoms with van der Waals surface area (Å²) in [5.74, 6) is 1.11. The molecule has 4 atom stereocenters. The zero-order valence-electron chi connectivity index (χ0n) is 16.1. The molecule has 1 aromatic heterocycles. The number of aromatic nitrogens is 1. The molecule has 9 nitrogen and oxygen atoms in total. The Balaban J connectivity index is 0.00000240. The highest BCUT2D eigenvalue weighted by Crippen LogP contribution is 2.32. The molecule has 4 heterocycles. The van der Waals surface area contributed by atoms with Gasteiger partial charge >= 0.3 is 0 Å². The van der Waals surface area contributed by atoms with Crippen LogP contribution in [0.5, 0.6) is 0 Å². The normalized spacial score (nSPS) is 29.9. The van der Waals surface area contributed by atoms with Crippen molar-refractivity contribution in [1.82, 2.24) is 14.8 Å². The Morgan fingerprint density at radius 2 is 1.90 bits per heavy atom. The molecule has 1 aromatic rings. The predicted octanol–water partition coefficient (Wildman–Crippen LogP) is 1.35. The van der Waals surface area contributed by atoms with Gasteiger partial charge in [-0.1, -0.05) is 0 Å². The standard InChI is InChI=1S/C18H26N4O5S.ClH/c23-22(24)27-16-13-26-17-15(12-25-18(16)17)21-9-7-20(8-10-21)6-1-11-28-14-2-4-19-5-3-14;/h2-5,15-18H,1,6-13H2;1H/t15-,16-,17+,18+;/m0./s1. The number of piperazine rings is 1. The number of pyridine rings is 1. The van der Waals surface area contributed by atoms with Crippen LogP contribution in [0.25, 0.3) is 0 Å². The lowest BCUT2D eigenvalue weighted by Crippen LogP contribution is -2.54. The molecule has 0 radical (unpaired) electrons. The molecule has 0 N–H and O–H groups in total. The third kappa shape index (κ3) is 5.71. The Labute approximate surface area is 180 Å². The van der Waals surface area contributed by atoms with Crippen LogP contribution in [0.4, 0.5) is 0 Å². The fraction of sp³-hybridized carbons (Fsp3) is 0.722. The smallest absolute Gasteiger partial charge is 0.294 e. The second kappa shape index (κ2) is 10.7. The molecule has 0 bridgehead atoms. The zero-order valence-corrected chi connectivity index (χ0v) is 17.8. The molecule has 3 aliphatic rings. The highest BCUT2D eigenvalue weighted by atomic mass is 35.5. The number of fused-ring (bicyclic) bond motifs is 1. The molecule has 0 aliphatic carbocycles. The quantitative estimate of drug-likeness (QED) is 0.254. The first-order chi connectivity index (χ1) is 13.7. The molecule has 0 saturated carbocycles. The van der Waals surface area contributed by atoms with Crippen LogP contribution in [-0.2, 0) is 14.3 Å². The van der Waals surface area contributed by atoms with Crippen molar-refractivity contribution in [2.24, 2.45) is 0 Å². The number of ether oxygens (including phenoxy) is 2. The Hall–Kier alpha value is -1.17. The maximum absolute atomic E-state index is 10.6. The van der Waals surface area contributed by atoms with E-state index in [0.717, 1.165) is 44.9 Å². The van der Waals surface area contributed by atoms with E-state index >= 15 is 0 Å². The van der Waals surface area contributed by atoms with Gasteiger partial charge in [0.25, 0.3) is 5.09 Å². The summed E-state index contributed by atoms with van der Waals surface area (Å²) in [7, 11) is 0. The minimum atomic E-state index is -0.751. The van der Waals surface area contributed by atoms with Crippen molar-refractivity contribution in [3.05, 3.63) is 34.6 Å². The summed E-state index contributed by atoms with van der Waals surface area (Å²) in [6, 6.07) is 4.26. The summed E-state index contributed by atoms with van der Waals surface area (Å²) in [5, 5.41) is 9.85. The maximum Gasteiger partial charge on any atom is 0.294 e. The maximum atomic E-state index is 10.6. The SMILES string of the molecule is Cl.O=[N+]([O-])O[C@H]1CO[C@H]2[C@@H]1OC[C@@H]2N1CCN(CCCSc2ccncc2)CC1. The summed E-state index contributed by atoms with van der Waals surface area (Å²) >= 11 is 1.87. The van der Waals surface area contributed by atoms with Gasteiger partial charge in [-0.05, 0) is 30.9 Å². The molecule has 3 fully saturated rings. The highest BCUT2D eigenvalue weighted by molar-refractivity contribution is 7.99. The lowest BCUT2D eigenvalue weighted by Gasteiger charge is -2.38. The minimum Gasteiger partial charge on any atom is -0.371 e. The summed E-state index contributed by atoms with van der Waals surface area (Å²) in [4.78, 5) is 25.5. The third-order valence-corrected chi connectivity index (χ3v) is 6.71. The number of halogens is 1. The fourth-order valence-electron chi connectivity index (χ4n) is 4.19. The van der Waals surface area contributed by atoms with Gasteiger partial charge in [0, 0.05) is 43.5 Å². The lowest BCUT2D eigenvalue weighted by molar-refractivity contribution is -0.769. The highest BCUT2D eigenvalue weighted by Gasteiger charge is 2.51. The summed E-state index contributed by atoms with van der Waals surface area (Å²) in [6.07, 6.45) is 3.75. The van der Waals surface area contributed by atoms with E-state index in [2.05, 4.69) is 14.8 Å². The Bertz CT molecular complexity index is 652.